The lowest BCUT2D eigenvalue weighted by Gasteiger charge is -2.36. The highest BCUT2D eigenvalue weighted by Gasteiger charge is 2.32. The van der Waals surface area contributed by atoms with E-state index in [1.54, 1.807) is 11.8 Å². The highest BCUT2D eigenvalue weighted by Crippen LogP contribution is 2.35. The third-order valence-electron chi connectivity index (χ3n) is 2.24. The number of rotatable bonds is 5. The Balaban J connectivity index is 4.53. The minimum atomic E-state index is -0.463. The van der Waals surface area contributed by atoms with Gasteiger partial charge in [0.1, 0.15) is 10.5 Å². The minimum Gasteiger partial charge on any atom is -0.346 e. The van der Waals surface area contributed by atoms with Crippen LogP contribution in [0.4, 0.5) is 0 Å². The van der Waals surface area contributed by atoms with Crippen LogP contribution in [0.5, 0.6) is 0 Å². The third-order valence-corrected chi connectivity index (χ3v) is 3.64. The first-order chi connectivity index (χ1) is 5.95. The molecule has 0 aliphatic carbocycles. The number of hydrogen-bond donors (Lipinski definition) is 0. The Kier molecular flexibility index (Phi) is 4.88. The second-order valence-electron chi connectivity index (χ2n) is 3.58. The summed E-state index contributed by atoms with van der Waals surface area (Å²) in [7, 11) is 0. The standard InChI is InChI=1S/C11H20OS/c1-7-10(4,5)12-11(8-2,9-3)13-6/h1H,8-9H2,2-6H3. The fourth-order valence-electron chi connectivity index (χ4n) is 1.22. The van der Waals surface area contributed by atoms with Gasteiger partial charge in [0, 0.05) is 0 Å². The molecule has 0 N–H and O–H groups in total. The number of ether oxygens (including phenoxy) is 1. The zero-order chi connectivity index (χ0) is 10.5. The Morgan fingerprint density at radius 2 is 1.77 bits per heavy atom. The lowest BCUT2D eigenvalue weighted by molar-refractivity contribution is -0.0601. The molecule has 0 rings (SSSR count). The molecule has 1 nitrogen and oxygen atoms in total. The van der Waals surface area contributed by atoms with Crippen LogP contribution in [-0.2, 0) is 4.74 Å². The normalized spacial score (nSPS) is 12.6. The predicted molar refractivity (Wildman–Crippen MR) is 60.8 cm³/mol. The lowest BCUT2D eigenvalue weighted by atomic mass is 10.1. The maximum atomic E-state index is 5.95. The summed E-state index contributed by atoms with van der Waals surface area (Å²) >= 11 is 1.74. The lowest BCUT2D eigenvalue weighted by Crippen LogP contribution is -2.37. The molecule has 0 amide bonds. The SMILES string of the molecule is C#CC(C)(C)OC(CC)(CC)SC. The van der Waals surface area contributed by atoms with Gasteiger partial charge in [-0.3, -0.25) is 0 Å². The summed E-state index contributed by atoms with van der Waals surface area (Å²) < 4.78 is 5.95. The van der Waals surface area contributed by atoms with Crippen LogP contribution < -0.4 is 0 Å². The predicted octanol–water partition coefficient (Wildman–Crippen LogP) is 3.29. The van der Waals surface area contributed by atoms with Gasteiger partial charge in [0.15, 0.2) is 0 Å². The van der Waals surface area contributed by atoms with E-state index in [4.69, 9.17) is 11.2 Å². The van der Waals surface area contributed by atoms with Gasteiger partial charge in [-0.2, -0.15) is 0 Å². The van der Waals surface area contributed by atoms with Gasteiger partial charge in [0.05, 0.1) is 0 Å². The van der Waals surface area contributed by atoms with Crippen molar-refractivity contribution in [1.82, 2.24) is 0 Å². The van der Waals surface area contributed by atoms with E-state index in [1.165, 1.54) is 0 Å². The average Bonchev–Trinajstić information content (AvgIpc) is 2.14. The van der Waals surface area contributed by atoms with Crippen molar-refractivity contribution >= 4 is 11.8 Å². The molecule has 0 bridgehead atoms. The number of hydrogen-bond acceptors (Lipinski definition) is 2. The van der Waals surface area contributed by atoms with Crippen molar-refractivity contribution < 1.29 is 4.74 Å². The molecular weight excluding hydrogens is 180 g/mol. The van der Waals surface area contributed by atoms with Crippen LogP contribution in [0.2, 0.25) is 0 Å². The first kappa shape index (κ1) is 12.9. The van der Waals surface area contributed by atoms with Gasteiger partial charge in [0.2, 0.25) is 0 Å². The number of terminal acetylenes is 1. The van der Waals surface area contributed by atoms with Crippen LogP contribution >= 0.6 is 11.8 Å². The molecule has 0 aliphatic rings. The fourth-order valence-corrected chi connectivity index (χ4v) is 2.09. The summed E-state index contributed by atoms with van der Waals surface area (Å²) in [4.78, 5) is -0.115. The van der Waals surface area contributed by atoms with Crippen molar-refractivity contribution in [3.63, 3.8) is 0 Å². The molecule has 0 aromatic heterocycles. The summed E-state index contributed by atoms with van der Waals surface area (Å²) in [6.45, 7) is 8.13. The van der Waals surface area contributed by atoms with Crippen molar-refractivity contribution in [2.45, 2.75) is 51.1 Å². The van der Waals surface area contributed by atoms with Gasteiger partial charge < -0.3 is 4.74 Å². The quantitative estimate of drug-likeness (QED) is 0.497. The van der Waals surface area contributed by atoms with Crippen LogP contribution in [0.15, 0.2) is 0 Å². The smallest absolute Gasteiger partial charge is 0.124 e. The third kappa shape index (κ3) is 3.62. The first-order valence-electron chi connectivity index (χ1n) is 4.68. The van der Waals surface area contributed by atoms with E-state index in [9.17, 15) is 0 Å². The summed E-state index contributed by atoms with van der Waals surface area (Å²) in [5.74, 6) is 2.66. The Labute approximate surface area is 86.6 Å². The Morgan fingerprint density at radius 1 is 1.31 bits per heavy atom. The second-order valence-corrected chi connectivity index (χ2v) is 4.73. The Morgan fingerprint density at radius 3 is 2.00 bits per heavy atom. The van der Waals surface area contributed by atoms with Crippen molar-refractivity contribution in [2.24, 2.45) is 0 Å². The van der Waals surface area contributed by atoms with Gasteiger partial charge in [-0.1, -0.05) is 19.8 Å². The van der Waals surface area contributed by atoms with Gasteiger partial charge >= 0.3 is 0 Å². The molecule has 0 unspecified atom stereocenters. The number of thioether (sulfide) groups is 1. The van der Waals surface area contributed by atoms with Crippen LogP contribution in [0.25, 0.3) is 0 Å². The second kappa shape index (κ2) is 4.93. The molecule has 0 radical (unpaired) electrons. The Bertz CT molecular complexity index is 178. The van der Waals surface area contributed by atoms with Crippen molar-refractivity contribution in [2.75, 3.05) is 6.26 Å². The highest BCUT2D eigenvalue weighted by atomic mass is 32.2. The summed E-state index contributed by atoms with van der Waals surface area (Å²) in [6.07, 6.45) is 9.43. The molecule has 0 aromatic rings. The largest absolute Gasteiger partial charge is 0.346 e. The topological polar surface area (TPSA) is 9.23 Å². The molecule has 0 saturated carbocycles. The molecule has 0 aromatic carbocycles. The molecule has 0 heterocycles. The summed E-state index contributed by atoms with van der Waals surface area (Å²) in [5.41, 5.74) is -0.463. The molecule has 0 saturated heterocycles. The van der Waals surface area contributed by atoms with Gasteiger partial charge in [-0.05, 0) is 32.9 Å². The average molecular weight is 200 g/mol. The minimum absolute atomic E-state index is 0.115. The maximum Gasteiger partial charge on any atom is 0.124 e. The van der Waals surface area contributed by atoms with E-state index in [0.29, 0.717) is 0 Å². The molecule has 0 spiro atoms. The van der Waals surface area contributed by atoms with Crippen LogP contribution in [0.1, 0.15) is 40.5 Å². The molecule has 76 valence electrons. The molecule has 13 heavy (non-hydrogen) atoms. The highest BCUT2D eigenvalue weighted by molar-refractivity contribution is 7.99. The van der Waals surface area contributed by atoms with Gasteiger partial charge in [-0.25, -0.2) is 0 Å². The maximum absolute atomic E-state index is 5.95. The van der Waals surface area contributed by atoms with E-state index in [2.05, 4.69) is 26.0 Å². The van der Waals surface area contributed by atoms with Crippen molar-refractivity contribution in [3.8, 4) is 12.3 Å². The van der Waals surface area contributed by atoms with Gasteiger partial charge in [0.25, 0.3) is 0 Å². The monoisotopic (exact) mass is 200 g/mol. The van der Waals surface area contributed by atoms with Crippen LogP contribution in [-0.4, -0.2) is 16.8 Å². The Hall–Kier alpha value is -0.130. The summed E-state index contributed by atoms with van der Waals surface area (Å²) in [5, 5.41) is 0. The van der Waals surface area contributed by atoms with Crippen LogP contribution in [0.3, 0.4) is 0 Å². The molecule has 0 atom stereocenters. The zero-order valence-corrected chi connectivity index (χ0v) is 10.1. The van der Waals surface area contributed by atoms with E-state index in [1.807, 2.05) is 13.8 Å². The van der Waals surface area contributed by atoms with E-state index in [0.717, 1.165) is 12.8 Å². The van der Waals surface area contributed by atoms with E-state index < -0.39 is 5.60 Å². The molecule has 2 heteroatoms. The molecule has 0 fully saturated rings. The summed E-state index contributed by atoms with van der Waals surface area (Å²) in [6, 6.07) is 0. The fraction of sp³-hybridized carbons (Fsp3) is 0.818. The molecular formula is C11H20OS. The first-order valence-corrected chi connectivity index (χ1v) is 5.91. The van der Waals surface area contributed by atoms with Gasteiger partial charge in [-0.15, -0.1) is 18.2 Å². The van der Waals surface area contributed by atoms with E-state index >= 15 is 0 Å². The molecule has 0 aliphatic heterocycles. The van der Waals surface area contributed by atoms with E-state index in [-0.39, 0.29) is 4.93 Å². The zero-order valence-electron chi connectivity index (χ0n) is 9.31. The van der Waals surface area contributed by atoms with Crippen LogP contribution in [0, 0.1) is 12.3 Å². The van der Waals surface area contributed by atoms with Crippen molar-refractivity contribution in [3.05, 3.63) is 0 Å². The van der Waals surface area contributed by atoms with Crippen molar-refractivity contribution in [1.29, 1.82) is 0 Å².